The SMILES string of the molecule is Nc1ccc(CSc2nc3ccccc3[nH]2)c(Br)c1. The molecule has 1 aromatic heterocycles. The van der Waals surface area contributed by atoms with Crippen LogP contribution in [0.3, 0.4) is 0 Å². The van der Waals surface area contributed by atoms with Crippen molar-refractivity contribution in [1.82, 2.24) is 9.97 Å². The van der Waals surface area contributed by atoms with Crippen LogP contribution in [0, 0.1) is 0 Å². The number of benzene rings is 2. The number of nitrogens with zero attached hydrogens (tertiary/aromatic N) is 1. The molecule has 2 aromatic carbocycles. The summed E-state index contributed by atoms with van der Waals surface area (Å²) in [5.74, 6) is 0.848. The van der Waals surface area contributed by atoms with E-state index in [0.29, 0.717) is 0 Å². The molecule has 0 aliphatic rings. The third kappa shape index (κ3) is 2.77. The van der Waals surface area contributed by atoms with Crippen molar-refractivity contribution >= 4 is 44.4 Å². The van der Waals surface area contributed by atoms with Crippen molar-refractivity contribution < 1.29 is 0 Å². The minimum atomic E-state index is 0.768. The van der Waals surface area contributed by atoms with Gasteiger partial charge in [0.15, 0.2) is 5.16 Å². The van der Waals surface area contributed by atoms with Gasteiger partial charge in [-0.15, -0.1) is 0 Å². The van der Waals surface area contributed by atoms with Crippen LogP contribution in [0.2, 0.25) is 0 Å². The summed E-state index contributed by atoms with van der Waals surface area (Å²) < 4.78 is 1.04. The van der Waals surface area contributed by atoms with Crippen molar-refractivity contribution in [3.8, 4) is 0 Å². The largest absolute Gasteiger partial charge is 0.399 e. The van der Waals surface area contributed by atoms with Gasteiger partial charge in [0.05, 0.1) is 11.0 Å². The third-order valence-electron chi connectivity index (χ3n) is 2.81. The number of rotatable bonds is 3. The highest BCUT2D eigenvalue weighted by atomic mass is 79.9. The Hall–Kier alpha value is -1.46. The number of fused-ring (bicyclic) bond motifs is 1. The van der Waals surface area contributed by atoms with E-state index >= 15 is 0 Å². The van der Waals surface area contributed by atoms with E-state index < -0.39 is 0 Å². The first-order chi connectivity index (χ1) is 9.22. The van der Waals surface area contributed by atoms with Gasteiger partial charge in [0.1, 0.15) is 0 Å². The lowest BCUT2D eigenvalue weighted by Gasteiger charge is -2.03. The number of para-hydroxylation sites is 2. The van der Waals surface area contributed by atoms with Gasteiger partial charge < -0.3 is 10.7 Å². The van der Waals surface area contributed by atoms with E-state index in [-0.39, 0.29) is 0 Å². The Balaban J connectivity index is 1.78. The lowest BCUT2D eigenvalue weighted by molar-refractivity contribution is 1.08. The molecule has 0 atom stereocenters. The molecule has 3 nitrogen and oxygen atoms in total. The molecule has 0 unspecified atom stereocenters. The molecule has 3 aromatic rings. The second kappa shape index (κ2) is 5.27. The van der Waals surface area contributed by atoms with Crippen LogP contribution in [0.25, 0.3) is 11.0 Å². The van der Waals surface area contributed by atoms with Crippen LogP contribution < -0.4 is 5.73 Å². The topological polar surface area (TPSA) is 54.7 Å². The molecule has 5 heteroatoms. The highest BCUT2D eigenvalue weighted by molar-refractivity contribution is 9.10. The molecule has 0 amide bonds. The molecule has 0 aliphatic heterocycles. The average molecular weight is 334 g/mol. The van der Waals surface area contributed by atoms with Gasteiger partial charge in [0, 0.05) is 15.9 Å². The fourth-order valence-electron chi connectivity index (χ4n) is 1.82. The molecule has 0 saturated heterocycles. The van der Waals surface area contributed by atoms with Crippen LogP contribution >= 0.6 is 27.7 Å². The number of thioether (sulfide) groups is 1. The number of hydrogen-bond acceptors (Lipinski definition) is 3. The van der Waals surface area contributed by atoms with Crippen LogP contribution in [-0.4, -0.2) is 9.97 Å². The summed E-state index contributed by atoms with van der Waals surface area (Å²) in [6.07, 6.45) is 0. The van der Waals surface area contributed by atoms with Gasteiger partial charge >= 0.3 is 0 Å². The standard InChI is InChI=1S/C14H12BrN3S/c15-11-7-10(16)6-5-9(11)8-19-14-17-12-3-1-2-4-13(12)18-14/h1-7H,8,16H2,(H,17,18). The number of nitrogens with one attached hydrogen (secondary N) is 1. The van der Waals surface area contributed by atoms with Crippen LogP contribution in [0.5, 0.6) is 0 Å². The molecule has 3 N–H and O–H groups in total. The summed E-state index contributed by atoms with van der Waals surface area (Å²) in [5.41, 5.74) is 9.78. The lowest BCUT2D eigenvalue weighted by Crippen LogP contribution is -1.88. The van der Waals surface area contributed by atoms with Crippen molar-refractivity contribution in [1.29, 1.82) is 0 Å². The number of hydrogen-bond donors (Lipinski definition) is 2. The number of anilines is 1. The van der Waals surface area contributed by atoms with Gasteiger partial charge in [0.2, 0.25) is 0 Å². The Bertz CT molecular complexity index is 691. The molecule has 0 fully saturated rings. The Kier molecular flexibility index (Phi) is 3.48. The van der Waals surface area contributed by atoms with Gasteiger partial charge in [0.25, 0.3) is 0 Å². The average Bonchev–Trinajstić information content (AvgIpc) is 2.80. The molecule has 0 aliphatic carbocycles. The number of H-pyrrole nitrogens is 1. The molecule has 19 heavy (non-hydrogen) atoms. The second-order valence-electron chi connectivity index (χ2n) is 4.20. The molecule has 0 spiro atoms. The number of halogens is 1. The zero-order chi connectivity index (χ0) is 13.2. The van der Waals surface area contributed by atoms with Crippen LogP contribution in [0.1, 0.15) is 5.56 Å². The van der Waals surface area contributed by atoms with Gasteiger partial charge in [-0.05, 0) is 29.8 Å². The summed E-state index contributed by atoms with van der Waals surface area (Å²) in [7, 11) is 0. The fraction of sp³-hybridized carbons (Fsp3) is 0.0714. The lowest BCUT2D eigenvalue weighted by atomic mass is 10.2. The van der Waals surface area contributed by atoms with E-state index in [4.69, 9.17) is 5.73 Å². The van der Waals surface area contributed by atoms with E-state index in [0.717, 1.165) is 32.1 Å². The highest BCUT2D eigenvalue weighted by Gasteiger charge is 2.05. The Morgan fingerprint density at radius 2 is 2.05 bits per heavy atom. The zero-order valence-corrected chi connectivity index (χ0v) is 12.5. The normalized spacial score (nSPS) is 11.0. The van der Waals surface area contributed by atoms with E-state index in [1.165, 1.54) is 5.56 Å². The zero-order valence-electron chi connectivity index (χ0n) is 10.1. The second-order valence-corrected chi connectivity index (χ2v) is 6.02. The van der Waals surface area contributed by atoms with E-state index in [1.807, 2.05) is 42.5 Å². The summed E-state index contributed by atoms with van der Waals surface area (Å²) >= 11 is 5.21. The molecular weight excluding hydrogens is 322 g/mol. The molecule has 0 radical (unpaired) electrons. The first-order valence-electron chi connectivity index (χ1n) is 5.84. The predicted molar refractivity (Wildman–Crippen MR) is 84.2 cm³/mol. The van der Waals surface area contributed by atoms with E-state index in [9.17, 15) is 0 Å². The van der Waals surface area contributed by atoms with Gasteiger partial charge in [-0.25, -0.2) is 4.98 Å². The Morgan fingerprint density at radius 1 is 1.21 bits per heavy atom. The summed E-state index contributed by atoms with van der Waals surface area (Å²) in [6, 6.07) is 13.9. The molecule has 1 heterocycles. The van der Waals surface area contributed by atoms with Crippen molar-refractivity contribution in [2.24, 2.45) is 0 Å². The van der Waals surface area contributed by atoms with Crippen LogP contribution in [-0.2, 0) is 5.75 Å². The van der Waals surface area contributed by atoms with Crippen LogP contribution in [0.15, 0.2) is 52.1 Å². The van der Waals surface area contributed by atoms with Crippen LogP contribution in [0.4, 0.5) is 5.69 Å². The summed E-state index contributed by atoms with van der Waals surface area (Å²) in [6.45, 7) is 0. The van der Waals surface area contributed by atoms with E-state index in [1.54, 1.807) is 11.8 Å². The minimum absolute atomic E-state index is 0.768. The number of aromatic nitrogens is 2. The van der Waals surface area contributed by atoms with Gasteiger partial charge in [-0.3, -0.25) is 0 Å². The minimum Gasteiger partial charge on any atom is -0.399 e. The molecule has 0 bridgehead atoms. The summed E-state index contributed by atoms with van der Waals surface area (Å²) in [5, 5.41) is 0.935. The van der Waals surface area contributed by atoms with Crippen molar-refractivity contribution in [2.75, 3.05) is 5.73 Å². The Labute approximate surface area is 123 Å². The first-order valence-corrected chi connectivity index (χ1v) is 7.62. The smallest absolute Gasteiger partial charge is 0.166 e. The predicted octanol–water partition coefficient (Wildman–Crippen LogP) is 4.20. The van der Waals surface area contributed by atoms with Crippen molar-refractivity contribution in [3.63, 3.8) is 0 Å². The van der Waals surface area contributed by atoms with Crippen molar-refractivity contribution in [2.45, 2.75) is 10.9 Å². The summed E-state index contributed by atoms with van der Waals surface area (Å²) in [4.78, 5) is 7.85. The number of nitrogens with two attached hydrogens (primary N) is 1. The quantitative estimate of drug-likeness (QED) is 0.557. The number of aromatic amines is 1. The highest BCUT2D eigenvalue weighted by Crippen LogP contribution is 2.27. The third-order valence-corrected chi connectivity index (χ3v) is 4.47. The van der Waals surface area contributed by atoms with Gasteiger partial charge in [-0.2, -0.15) is 0 Å². The van der Waals surface area contributed by atoms with Gasteiger partial charge in [-0.1, -0.05) is 45.9 Å². The Morgan fingerprint density at radius 3 is 2.84 bits per heavy atom. The maximum absolute atomic E-state index is 5.73. The maximum atomic E-state index is 5.73. The molecule has 96 valence electrons. The molecule has 0 saturated carbocycles. The fourth-order valence-corrected chi connectivity index (χ4v) is 3.44. The monoisotopic (exact) mass is 333 g/mol. The number of imidazole rings is 1. The first kappa shape index (κ1) is 12.6. The number of nitrogen functional groups attached to an aromatic ring is 1. The maximum Gasteiger partial charge on any atom is 0.166 e. The van der Waals surface area contributed by atoms with Crippen molar-refractivity contribution in [3.05, 3.63) is 52.5 Å². The molecule has 3 rings (SSSR count). The van der Waals surface area contributed by atoms with E-state index in [2.05, 4.69) is 25.9 Å². The molecular formula is C14H12BrN3S.